The predicted octanol–water partition coefficient (Wildman–Crippen LogP) is 4.35. The van der Waals surface area contributed by atoms with E-state index in [1.165, 1.54) is 19.4 Å². The Morgan fingerprint density at radius 3 is 2.58 bits per heavy atom. The van der Waals surface area contributed by atoms with E-state index in [9.17, 15) is 22.8 Å². The van der Waals surface area contributed by atoms with Gasteiger partial charge in [-0.05, 0) is 58.7 Å². The van der Waals surface area contributed by atoms with Crippen LogP contribution in [0.3, 0.4) is 0 Å². The summed E-state index contributed by atoms with van der Waals surface area (Å²) in [5.74, 6) is -0.530. The van der Waals surface area contributed by atoms with E-state index in [4.69, 9.17) is 9.47 Å². The lowest BCUT2D eigenvalue weighted by Crippen LogP contribution is -2.24. The number of carbonyl (C=O) groups is 2. The lowest BCUT2D eigenvalue weighted by molar-refractivity contribution is -0.137. The van der Waals surface area contributed by atoms with E-state index in [0.717, 1.165) is 18.2 Å². The van der Waals surface area contributed by atoms with E-state index in [1.54, 1.807) is 12.1 Å². The Labute approximate surface area is 184 Å². The van der Waals surface area contributed by atoms with Crippen molar-refractivity contribution < 1.29 is 32.2 Å². The highest BCUT2D eigenvalue weighted by Gasteiger charge is 2.30. The number of nitrogens with one attached hydrogen (secondary N) is 2. The van der Waals surface area contributed by atoms with Crippen LogP contribution in [0.2, 0.25) is 0 Å². The van der Waals surface area contributed by atoms with Gasteiger partial charge in [-0.2, -0.15) is 18.3 Å². The fraction of sp³-hybridized carbons (Fsp3) is 0.250. The number of halogens is 4. The van der Waals surface area contributed by atoms with Gasteiger partial charge < -0.3 is 14.8 Å². The highest BCUT2D eigenvalue weighted by molar-refractivity contribution is 9.10. The van der Waals surface area contributed by atoms with Gasteiger partial charge in [-0.1, -0.05) is 6.07 Å². The Bertz CT molecular complexity index is 981. The summed E-state index contributed by atoms with van der Waals surface area (Å²) in [4.78, 5) is 23.8. The van der Waals surface area contributed by atoms with E-state index in [2.05, 4.69) is 31.8 Å². The summed E-state index contributed by atoms with van der Waals surface area (Å²) in [6, 6.07) is 7.46. The first-order valence-electron chi connectivity index (χ1n) is 8.93. The third-order valence-corrected chi connectivity index (χ3v) is 4.33. The second kappa shape index (κ2) is 10.8. The molecule has 2 N–H and O–H groups in total. The van der Waals surface area contributed by atoms with Crippen LogP contribution in [0.1, 0.15) is 24.5 Å². The first-order chi connectivity index (χ1) is 14.6. The maximum atomic E-state index is 12.7. The zero-order chi connectivity index (χ0) is 23.0. The number of ether oxygens (including phenoxy) is 2. The van der Waals surface area contributed by atoms with E-state index in [-0.39, 0.29) is 5.69 Å². The molecule has 2 amide bonds. The molecule has 0 saturated carbocycles. The average molecular weight is 502 g/mol. The smallest absolute Gasteiger partial charge is 0.416 e. The van der Waals surface area contributed by atoms with Crippen molar-refractivity contribution in [2.75, 3.05) is 19.0 Å². The van der Waals surface area contributed by atoms with Gasteiger partial charge >= 0.3 is 6.18 Å². The molecule has 0 aliphatic rings. The van der Waals surface area contributed by atoms with Gasteiger partial charge in [-0.25, -0.2) is 5.43 Å². The Kier molecular flexibility index (Phi) is 8.43. The van der Waals surface area contributed by atoms with Crippen LogP contribution in [0, 0.1) is 0 Å². The van der Waals surface area contributed by atoms with Crippen LogP contribution in [0.25, 0.3) is 0 Å². The van der Waals surface area contributed by atoms with Crippen molar-refractivity contribution in [3.8, 4) is 11.5 Å². The van der Waals surface area contributed by atoms with Gasteiger partial charge in [0.15, 0.2) is 11.5 Å². The summed E-state index contributed by atoms with van der Waals surface area (Å²) in [6.07, 6.45) is -3.82. The van der Waals surface area contributed by atoms with Gasteiger partial charge in [0.25, 0.3) is 0 Å². The Morgan fingerprint density at radius 1 is 1.19 bits per heavy atom. The minimum absolute atomic E-state index is 0.0672. The van der Waals surface area contributed by atoms with Crippen molar-refractivity contribution in [1.82, 2.24) is 5.43 Å². The fourth-order valence-corrected chi connectivity index (χ4v) is 3.02. The number of rotatable bonds is 8. The average Bonchev–Trinajstić information content (AvgIpc) is 2.69. The lowest BCUT2D eigenvalue weighted by atomic mass is 10.2. The molecular weight excluding hydrogens is 483 g/mol. The zero-order valence-corrected chi connectivity index (χ0v) is 18.1. The van der Waals surface area contributed by atoms with Crippen LogP contribution in [0.4, 0.5) is 18.9 Å². The van der Waals surface area contributed by atoms with Crippen molar-refractivity contribution in [2.24, 2.45) is 5.10 Å². The van der Waals surface area contributed by atoms with E-state index >= 15 is 0 Å². The standard InChI is InChI=1S/C20H19BrF3N3O4/c1-3-31-19-15(21)7-12(8-16(19)30-2)11-25-27-18(29)10-17(28)26-14-6-4-5-13(9-14)20(22,23)24/h4-9,11H,3,10H2,1-2H3,(H,26,28)(H,27,29). The predicted molar refractivity (Wildman–Crippen MR) is 112 cm³/mol. The third kappa shape index (κ3) is 7.28. The van der Waals surface area contributed by atoms with E-state index < -0.39 is 30.0 Å². The lowest BCUT2D eigenvalue weighted by Gasteiger charge is -2.12. The number of alkyl halides is 3. The molecule has 0 bridgehead atoms. The molecule has 2 aromatic carbocycles. The van der Waals surface area contributed by atoms with Crippen molar-refractivity contribution in [3.05, 3.63) is 52.0 Å². The molecule has 0 saturated heterocycles. The molecule has 2 rings (SSSR count). The summed E-state index contributed by atoms with van der Waals surface area (Å²) in [6.45, 7) is 2.28. The maximum absolute atomic E-state index is 12.7. The molecule has 7 nitrogen and oxygen atoms in total. The van der Waals surface area contributed by atoms with Gasteiger partial charge in [-0.3, -0.25) is 9.59 Å². The number of hydrogen-bond donors (Lipinski definition) is 2. The summed E-state index contributed by atoms with van der Waals surface area (Å²) in [5, 5.41) is 6.02. The normalized spacial score (nSPS) is 11.3. The highest BCUT2D eigenvalue weighted by Crippen LogP contribution is 2.36. The van der Waals surface area contributed by atoms with Crippen molar-refractivity contribution in [2.45, 2.75) is 19.5 Å². The van der Waals surface area contributed by atoms with Crippen molar-refractivity contribution in [3.63, 3.8) is 0 Å². The van der Waals surface area contributed by atoms with Gasteiger partial charge in [0.1, 0.15) is 6.42 Å². The molecule has 0 heterocycles. The second-order valence-corrected chi connectivity index (χ2v) is 6.92. The van der Waals surface area contributed by atoms with Crippen molar-refractivity contribution in [1.29, 1.82) is 0 Å². The van der Waals surface area contributed by atoms with Crippen LogP contribution in [-0.4, -0.2) is 31.7 Å². The van der Waals surface area contributed by atoms with E-state index in [1.807, 2.05) is 6.92 Å². The molecule has 0 atom stereocenters. The van der Waals surface area contributed by atoms with E-state index in [0.29, 0.717) is 28.1 Å². The molecule has 0 aliphatic carbocycles. The van der Waals surface area contributed by atoms with Gasteiger partial charge in [0.05, 0.1) is 30.0 Å². The SMILES string of the molecule is CCOc1c(Br)cc(C=NNC(=O)CC(=O)Nc2cccc(C(F)(F)F)c2)cc1OC. The minimum atomic E-state index is -4.54. The first kappa shape index (κ1) is 24.2. The topological polar surface area (TPSA) is 89.0 Å². The van der Waals surface area contributed by atoms with Crippen LogP contribution in [0.15, 0.2) is 46.0 Å². The number of benzene rings is 2. The van der Waals surface area contributed by atoms with Crippen LogP contribution in [-0.2, 0) is 15.8 Å². The maximum Gasteiger partial charge on any atom is 0.416 e. The zero-order valence-electron chi connectivity index (χ0n) is 16.5. The minimum Gasteiger partial charge on any atom is -0.493 e. The summed E-state index contributed by atoms with van der Waals surface area (Å²) in [7, 11) is 1.48. The van der Waals surface area contributed by atoms with Crippen LogP contribution in [0.5, 0.6) is 11.5 Å². The summed E-state index contributed by atoms with van der Waals surface area (Å²) in [5.41, 5.74) is 1.79. The van der Waals surface area contributed by atoms with Gasteiger partial charge in [-0.15, -0.1) is 0 Å². The fourth-order valence-electron chi connectivity index (χ4n) is 2.44. The second-order valence-electron chi connectivity index (χ2n) is 6.06. The Hall–Kier alpha value is -3.08. The number of hydrogen-bond acceptors (Lipinski definition) is 5. The molecule has 0 aliphatic heterocycles. The van der Waals surface area contributed by atoms with Crippen LogP contribution < -0.4 is 20.2 Å². The number of carbonyl (C=O) groups excluding carboxylic acids is 2. The highest BCUT2D eigenvalue weighted by atomic mass is 79.9. The number of anilines is 1. The summed E-state index contributed by atoms with van der Waals surface area (Å²) < 4.78 is 49.5. The Morgan fingerprint density at radius 2 is 1.94 bits per heavy atom. The number of nitrogens with zero attached hydrogens (tertiary/aromatic N) is 1. The third-order valence-electron chi connectivity index (χ3n) is 3.74. The molecule has 31 heavy (non-hydrogen) atoms. The first-order valence-corrected chi connectivity index (χ1v) is 9.72. The molecular formula is C20H19BrF3N3O4. The number of hydrazone groups is 1. The summed E-state index contributed by atoms with van der Waals surface area (Å²) >= 11 is 3.36. The number of methoxy groups -OCH3 is 1. The molecule has 0 aromatic heterocycles. The molecule has 2 aromatic rings. The van der Waals surface area contributed by atoms with Gasteiger partial charge in [0, 0.05) is 5.69 Å². The largest absolute Gasteiger partial charge is 0.493 e. The van der Waals surface area contributed by atoms with Crippen LogP contribution >= 0.6 is 15.9 Å². The quantitative estimate of drug-likeness (QED) is 0.319. The molecule has 11 heteroatoms. The van der Waals surface area contributed by atoms with Crippen molar-refractivity contribution >= 4 is 39.6 Å². The molecule has 0 unspecified atom stereocenters. The molecule has 0 fully saturated rings. The molecule has 0 spiro atoms. The molecule has 166 valence electrons. The Balaban J connectivity index is 1.94. The number of amides is 2. The van der Waals surface area contributed by atoms with Gasteiger partial charge in [0.2, 0.25) is 11.8 Å². The monoisotopic (exact) mass is 501 g/mol. The molecule has 0 radical (unpaired) electrons.